The Labute approximate surface area is 111 Å². The van der Waals surface area contributed by atoms with Crippen molar-refractivity contribution in [2.75, 3.05) is 0 Å². The first-order valence-electron chi connectivity index (χ1n) is 5.09. The molecule has 0 fully saturated rings. The molecule has 0 amide bonds. The highest BCUT2D eigenvalue weighted by Gasteiger charge is 2.21. The molecule has 1 aromatic heterocycles. The van der Waals surface area contributed by atoms with Crippen LogP contribution in [-0.2, 0) is 16.6 Å². The van der Waals surface area contributed by atoms with Gasteiger partial charge < -0.3 is 5.11 Å². The van der Waals surface area contributed by atoms with Crippen molar-refractivity contribution in [2.45, 2.75) is 11.4 Å². The van der Waals surface area contributed by atoms with E-state index in [-0.39, 0.29) is 17.3 Å². The monoisotopic (exact) mass is 300 g/mol. The van der Waals surface area contributed by atoms with Crippen LogP contribution < -0.4 is 4.72 Å². The first-order chi connectivity index (χ1) is 9.40. The van der Waals surface area contributed by atoms with E-state index in [4.69, 9.17) is 0 Å². The third-order valence-corrected chi connectivity index (χ3v) is 3.66. The molecule has 0 radical (unpaired) electrons. The number of hydrogen-bond donors (Lipinski definition) is 3. The van der Waals surface area contributed by atoms with Crippen molar-refractivity contribution in [2.24, 2.45) is 0 Å². The lowest BCUT2D eigenvalue weighted by molar-refractivity contribution is -0.386. The van der Waals surface area contributed by atoms with Gasteiger partial charge in [-0.1, -0.05) is 5.21 Å². The van der Waals surface area contributed by atoms with Gasteiger partial charge in [0.05, 0.1) is 16.4 Å². The fourth-order valence-corrected chi connectivity index (χ4v) is 2.32. The molecule has 0 aliphatic carbocycles. The van der Waals surface area contributed by atoms with Gasteiger partial charge in [-0.15, -0.1) is 10.2 Å². The molecule has 1 heterocycles. The van der Waals surface area contributed by atoms with Gasteiger partial charge in [0.25, 0.3) is 0 Å². The van der Waals surface area contributed by atoms with E-state index in [9.17, 15) is 23.6 Å². The minimum absolute atomic E-state index is 0.113. The number of aromatic amines is 1. The zero-order chi connectivity index (χ0) is 14.8. The van der Waals surface area contributed by atoms with E-state index in [2.05, 4.69) is 25.3 Å². The topological polar surface area (TPSA) is 164 Å². The number of rotatable bonds is 5. The Morgan fingerprint density at radius 2 is 2.20 bits per heavy atom. The molecule has 2 rings (SSSR count). The van der Waals surface area contributed by atoms with E-state index in [0.29, 0.717) is 0 Å². The Bertz CT molecular complexity index is 728. The molecule has 0 aliphatic heterocycles. The van der Waals surface area contributed by atoms with Gasteiger partial charge in [-0.05, 0) is 12.1 Å². The van der Waals surface area contributed by atoms with Crippen LogP contribution in [0.2, 0.25) is 0 Å². The molecule has 0 saturated carbocycles. The van der Waals surface area contributed by atoms with Gasteiger partial charge in [0.1, 0.15) is 0 Å². The fourth-order valence-electron chi connectivity index (χ4n) is 1.32. The number of nitro benzene ring substituents is 1. The van der Waals surface area contributed by atoms with E-state index in [1.54, 1.807) is 0 Å². The molecule has 0 unspecified atom stereocenters. The molecular formula is C8H8N6O5S. The lowest BCUT2D eigenvalue weighted by Crippen LogP contribution is -2.24. The minimum atomic E-state index is -4.00. The Balaban J connectivity index is 2.25. The first kappa shape index (κ1) is 13.8. The molecule has 0 aliphatic rings. The second-order valence-corrected chi connectivity index (χ2v) is 5.33. The van der Waals surface area contributed by atoms with Crippen LogP contribution in [-0.4, -0.2) is 39.1 Å². The summed E-state index contributed by atoms with van der Waals surface area (Å²) >= 11 is 0. The first-order valence-corrected chi connectivity index (χ1v) is 6.58. The second-order valence-electron chi connectivity index (χ2n) is 3.56. The summed E-state index contributed by atoms with van der Waals surface area (Å²) in [5.74, 6) is -0.506. The van der Waals surface area contributed by atoms with Crippen molar-refractivity contribution >= 4 is 15.7 Å². The minimum Gasteiger partial charge on any atom is -0.502 e. The standard InChI is InChI=1S/C8H8N6O5S/c15-7-2-1-5(3-6(7)14(16)17)20(18,19)9-4-8-10-12-13-11-8/h1-3,9,15H,4H2,(H,10,11,12,13). The Kier molecular flexibility index (Phi) is 3.58. The number of phenolic OH excluding ortho intramolecular Hbond substituents is 1. The molecule has 0 saturated heterocycles. The summed E-state index contributed by atoms with van der Waals surface area (Å²) < 4.78 is 26.0. The van der Waals surface area contributed by atoms with Gasteiger partial charge in [0, 0.05) is 6.07 Å². The summed E-state index contributed by atoms with van der Waals surface area (Å²) in [6.45, 7) is -0.229. The number of hydrogen-bond acceptors (Lipinski definition) is 8. The summed E-state index contributed by atoms with van der Waals surface area (Å²) in [5.41, 5.74) is -0.701. The number of nitro groups is 1. The molecule has 106 valence electrons. The molecule has 1 aromatic carbocycles. The Hall–Kier alpha value is -2.60. The number of nitrogens with zero attached hydrogens (tertiary/aromatic N) is 4. The van der Waals surface area contributed by atoms with Crippen LogP contribution in [0.5, 0.6) is 5.75 Å². The number of benzene rings is 1. The number of sulfonamides is 1. The Morgan fingerprint density at radius 3 is 2.80 bits per heavy atom. The second kappa shape index (κ2) is 5.18. The van der Waals surface area contributed by atoms with E-state index in [1.165, 1.54) is 0 Å². The predicted octanol–water partition coefficient (Wildman–Crippen LogP) is -0.708. The number of nitrogens with one attached hydrogen (secondary N) is 2. The van der Waals surface area contributed by atoms with Crippen LogP contribution in [0.3, 0.4) is 0 Å². The molecule has 2 aromatic rings. The summed E-state index contributed by atoms with van der Waals surface area (Å²) in [7, 11) is -4.00. The highest BCUT2D eigenvalue weighted by molar-refractivity contribution is 7.89. The maximum Gasteiger partial charge on any atom is 0.312 e. The number of phenols is 1. The van der Waals surface area contributed by atoms with Crippen LogP contribution >= 0.6 is 0 Å². The lowest BCUT2D eigenvalue weighted by Gasteiger charge is -2.05. The molecule has 12 heteroatoms. The van der Waals surface area contributed by atoms with E-state index in [1.807, 2.05) is 0 Å². The largest absolute Gasteiger partial charge is 0.502 e. The zero-order valence-electron chi connectivity index (χ0n) is 9.72. The van der Waals surface area contributed by atoms with Crippen LogP contribution in [0.25, 0.3) is 0 Å². The molecule has 3 N–H and O–H groups in total. The summed E-state index contributed by atoms with van der Waals surface area (Å²) in [5, 5.41) is 32.4. The number of H-pyrrole nitrogens is 1. The van der Waals surface area contributed by atoms with Gasteiger partial charge in [-0.3, -0.25) is 10.1 Å². The molecule has 0 atom stereocenters. The van der Waals surface area contributed by atoms with E-state index >= 15 is 0 Å². The average Bonchev–Trinajstić information content (AvgIpc) is 2.89. The van der Waals surface area contributed by atoms with Crippen molar-refractivity contribution in [1.82, 2.24) is 25.3 Å². The van der Waals surface area contributed by atoms with Crippen LogP contribution in [0.1, 0.15) is 5.82 Å². The quantitative estimate of drug-likeness (QED) is 0.481. The van der Waals surface area contributed by atoms with Crippen LogP contribution in [0, 0.1) is 10.1 Å². The highest BCUT2D eigenvalue weighted by Crippen LogP contribution is 2.28. The molecule has 0 bridgehead atoms. The van der Waals surface area contributed by atoms with Crippen molar-refractivity contribution in [3.63, 3.8) is 0 Å². The zero-order valence-corrected chi connectivity index (χ0v) is 10.5. The molecule has 20 heavy (non-hydrogen) atoms. The van der Waals surface area contributed by atoms with Crippen molar-refractivity contribution in [1.29, 1.82) is 0 Å². The lowest BCUT2D eigenvalue weighted by atomic mass is 10.3. The van der Waals surface area contributed by atoms with Gasteiger partial charge in [0.15, 0.2) is 11.6 Å². The van der Waals surface area contributed by atoms with Gasteiger partial charge in [0.2, 0.25) is 10.0 Å². The van der Waals surface area contributed by atoms with Crippen molar-refractivity contribution in [3.05, 3.63) is 34.1 Å². The molecular weight excluding hydrogens is 292 g/mol. The number of tetrazole rings is 1. The van der Waals surface area contributed by atoms with Gasteiger partial charge >= 0.3 is 5.69 Å². The maximum atomic E-state index is 11.9. The smallest absolute Gasteiger partial charge is 0.312 e. The Morgan fingerprint density at radius 1 is 1.45 bits per heavy atom. The SMILES string of the molecule is O=[N+]([O-])c1cc(S(=O)(=O)NCc2nn[nH]n2)ccc1O. The number of aromatic nitrogens is 4. The average molecular weight is 300 g/mol. The third-order valence-electron chi connectivity index (χ3n) is 2.26. The summed E-state index contributed by atoms with van der Waals surface area (Å²) in [6, 6.07) is 2.73. The van der Waals surface area contributed by atoms with E-state index in [0.717, 1.165) is 18.2 Å². The van der Waals surface area contributed by atoms with Gasteiger partial charge in [-0.2, -0.15) is 5.21 Å². The summed E-state index contributed by atoms with van der Waals surface area (Å²) in [6.07, 6.45) is 0. The van der Waals surface area contributed by atoms with Gasteiger partial charge in [-0.25, -0.2) is 13.1 Å². The highest BCUT2D eigenvalue weighted by atomic mass is 32.2. The third kappa shape index (κ3) is 2.86. The van der Waals surface area contributed by atoms with Crippen molar-refractivity contribution in [3.8, 4) is 5.75 Å². The summed E-state index contributed by atoms with van der Waals surface area (Å²) in [4.78, 5) is 9.41. The maximum absolute atomic E-state index is 11.9. The van der Waals surface area contributed by atoms with Crippen molar-refractivity contribution < 1.29 is 18.4 Å². The number of aromatic hydroxyl groups is 1. The van der Waals surface area contributed by atoms with E-state index < -0.39 is 26.4 Å². The fraction of sp³-hybridized carbons (Fsp3) is 0.125. The van der Waals surface area contributed by atoms with Crippen LogP contribution in [0.15, 0.2) is 23.1 Å². The molecule has 11 nitrogen and oxygen atoms in total. The van der Waals surface area contributed by atoms with Crippen LogP contribution in [0.4, 0.5) is 5.69 Å². The normalized spacial score (nSPS) is 11.4. The predicted molar refractivity (Wildman–Crippen MR) is 63.0 cm³/mol. The molecule has 0 spiro atoms.